The molecule has 0 spiro atoms. The normalized spacial score (nSPS) is 16.1. The van der Waals surface area contributed by atoms with Crippen molar-refractivity contribution in [3.63, 3.8) is 0 Å². The van der Waals surface area contributed by atoms with E-state index >= 15 is 0 Å². The lowest BCUT2D eigenvalue weighted by atomic mass is 9.92. The highest BCUT2D eigenvalue weighted by atomic mass is 16.5. The van der Waals surface area contributed by atoms with E-state index in [2.05, 4.69) is 53.2 Å². The van der Waals surface area contributed by atoms with Crippen molar-refractivity contribution in [1.29, 1.82) is 5.26 Å². The van der Waals surface area contributed by atoms with Crippen LogP contribution in [0.4, 0.5) is 0 Å². The van der Waals surface area contributed by atoms with Crippen molar-refractivity contribution in [1.82, 2.24) is 14.9 Å². The molecule has 31 heavy (non-hydrogen) atoms. The maximum Gasteiger partial charge on any atom is 0.138 e. The maximum absolute atomic E-state index is 9.38. The predicted molar refractivity (Wildman–Crippen MR) is 122 cm³/mol. The van der Waals surface area contributed by atoms with Crippen LogP contribution in [0.5, 0.6) is 5.75 Å². The Hall–Kier alpha value is -3.62. The molecule has 3 aromatic carbocycles. The molecule has 0 amide bonds. The van der Waals surface area contributed by atoms with E-state index in [9.17, 15) is 5.26 Å². The maximum atomic E-state index is 9.38. The third-order valence-corrected chi connectivity index (χ3v) is 6.13. The van der Waals surface area contributed by atoms with Crippen LogP contribution >= 0.6 is 0 Å². The number of fused-ring (bicyclic) bond motifs is 2. The van der Waals surface area contributed by atoms with E-state index in [1.54, 1.807) is 7.11 Å². The van der Waals surface area contributed by atoms with Gasteiger partial charge >= 0.3 is 0 Å². The number of para-hydroxylation sites is 2. The van der Waals surface area contributed by atoms with Crippen LogP contribution in [0.3, 0.4) is 0 Å². The van der Waals surface area contributed by atoms with Gasteiger partial charge in [0.15, 0.2) is 0 Å². The summed E-state index contributed by atoms with van der Waals surface area (Å²) in [4.78, 5) is 10.6. The van der Waals surface area contributed by atoms with E-state index < -0.39 is 0 Å². The van der Waals surface area contributed by atoms with Crippen LogP contribution in [-0.4, -0.2) is 28.0 Å². The lowest BCUT2D eigenvalue weighted by molar-refractivity contribution is 0.175. The Balaban J connectivity index is 1.40. The van der Waals surface area contributed by atoms with Gasteiger partial charge in [0.25, 0.3) is 0 Å². The van der Waals surface area contributed by atoms with Crippen molar-refractivity contribution in [3.8, 4) is 23.2 Å². The Morgan fingerprint density at radius 2 is 2.00 bits per heavy atom. The molecule has 0 fully saturated rings. The van der Waals surface area contributed by atoms with E-state index in [4.69, 9.17) is 9.72 Å². The summed E-state index contributed by atoms with van der Waals surface area (Å²) in [6, 6.07) is 23.4. The molecule has 0 saturated carbocycles. The zero-order chi connectivity index (χ0) is 21.4. The number of hydrogen-bond donors (Lipinski definition) is 1. The molecule has 4 aromatic rings. The van der Waals surface area contributed by atoms with Crippen molar-refractivity contribution >= 4 is 11.0 Å². The number of methoxy groups -OCH3 is 1. The molecule has 0 bridgehead atoms. The smallest absolute Gasteiger partial charge is 0.138 e. The zero-order valence-electron chi connectivity index (χ0n) is 17.7. The molecular weight excluding hydrogens is 384 g/mol. The molecule has 1 aliphatic heterocycles. The average molecular weight is 409 g/mol. The quantitative estimate of drug-likeness (QED) is 0.513. The Labute approximate surface area is 181 Å². The van der Waals surface area contributed by atoms with Crippen molar-refractivity contribution in [2.45, 2.75) is 32.5 Å². The highest BCUT2D eigenvalue weighted by Gasteiger charge is 2.24. The fourth-order valence-corrected chi connectivity index (χ4v) is 4.43. The third kappa shape index (κ3) is 3.67. The summed E-state index contributed by atoms with van der Waals surface area (Å²) >= 11 is 0. The SMILES string of the molecule is COc1cc2c(cc1C#N)CC(C)N(Cc1cccc(-c3nc4ccccc4[nH]3)c1)C2. The molecule has 0 saturated heterocycles. The summed E-state index contributed by atoms with van der Waals surface area (Å²) < 4.78 is 5.42. The first-order valence-corrected chi connectivity index (χ1v) is 10.5. The first-order chi connectivity index (χ1) is 15.1. The minimum Gasteiger partial charge on any atom is -0.495 e. The second kappa shape index (κ2) is 7.90. The average Bonchev–Trinajstić information content (AvgIpc) is 3.23. The number of aromatic nitrogens is 2. The number of aromatic amines is 1. The van der Waals surface area contributed by atoms with Crippen molar-refractivity contribution in [3.05, 3.63) is 82.9 Å². The van der Waals surface area contributed by atoms with E-state index in [1.165, 1.54) is 16.7 Å². The van der Waals surface area contributed by atoms with E-state index in [0.717, 1.165) is 41.9 Å². The molecule has 5 heteroatoms. The van der Waals surface area contributed by atoms with Gasteiger partial charge in [0, 0.05) is 24.7 Å². The standard InChI is InChI=1S/C26H24N4O/c1-17-10-20-12-21(14-27)25(31-2)13-22(20)16-30(17)15-18-6-5-7-19(11-18)26-28-23-8-3-4-9-24(23)29-26/h3-9,11-13,17H,10,15-16H2,1-2H3,(H,28,29). The van der Waals surface area contributed by atoms with Crippen LogP contribution in [0.2, 0.25) is 0 Å². The summed E-state index contributed by atoms with van der Waals surface area (Å²) in [6.07, 6.45) is 0.928. The third-order valence-electron chi connectivity index (χ3n) is 6.13. The summed E-state index contributed by atoms with van der Waals surface area (Å²) in [5.74, 6) is 1.55. The fraction of sp³-hybridized carbons (Fsp3) is 0.231. The monoisotopic (exact) mass is 408 g/mol. The van der Waals surface area contributed by atoms with Gasteiger partial charge in [0.2, 0.25) is 0 Å². The van der Waals surface area contributed by atoms with Crippen LogP contribution in [0, 0.1) is 11.3 Å². The first kappa shape index (κ1) is 19.3. The van der Waals surface area contributed by atoms with Gasteiger partial charge in [-0.15, -0.1) is 0 Å². The largest absolute Gasteiger partial charge is 0.495 e. The number of nitriles is 1. The first-order valence-electron chi connectivity index (χ1n) is 10.5. The Kier molecular flexibility index (Phi) is 4.93. The van der Waals surface area contributed by atoms with Gasteiger partial charge in [0.1, 0.15) is 17.6 Å². The number of hydrogen-bond acceptors (Lipinski definition) is 4. The number of nitrogens with one attached hydrogen (secondary N) is 1. The van der Waals surface area contributed by atoms with Crippen molar-refractivity contribution in [2.24, 2.45) is 0 Å². The summed E-state index contributed by atoms with van der Waals surface area (Å²) in [7, 11) is 1.62. The highest BCUT2D eigenvalue weighted by molar-refractivity contribution is 5.79. The molecular formula is C26H24N4O. The van der Waals surface area contributed by atoms with E-state index in [1.807, 2.05) is 30.3 Å². The molecule has 2 heterocycles. The minimum atomic E-state index is 0.391. The van der Waals surface area contributed by atoms with Gasteiger partial charge in [-0.05, 0) is 60.4 Å². The lowest BCUT2D eigenvalue weighted by Gasteiger charge is -2.35. The Bertz CT molecular complexity index is 1270. The van der Waals surface area contributed by atoms with Crippen LogP contribution in [-0.2, 0) is 19.5 Å². The second-order valence-electron chi connectivity index (χ2n) is 8.19. The fourth-order valence-electron chi connectivity index (χ4n) is 4.43. The Morgan fingerprint density at radius 3 is 2.81 bits per heavy atom. The number of imidazole rings is 1. The molecule has 5 nitrogen and oxygen atoms in total. The highest BCUT2D eigenvalue weighted by Crippen LogP contribution is 2.31. The van der Waals surface area contributed by atoms with Crippen LogP contribution in [0.15, 0.2) is 60.7 Å². The van der Waals surface area contributed by atoms with E-state index in [0.29, 0.717) is 17.4 Å². The van der Waals surface area contributed by atoms with Gasteiger partial charge in [0.05, 0.1) is 23.7 Å². The van der Waals surface area contributed by atoms with Crippen LogP contribution in [0.1, 0.15) is 29.2 Å². The molecule has 1 atom stereocenters. The molecule has 5 rings (SSSR count). The topological polar surface area (TPSA) is 64.9 Å². The molecule has 1 aromatic heterocycles. The summed E-state index contributed by atoms with van der Waals surface area (Å²) in [5, 5.41) is 9.38. The summed E-state index contributed by atoms with van der Waals surface area (Å²) in [6.45, 7) is 3.95. The second-order valence-corrected chi connectivity index (χ2v) is 8.19. The van der Waals surface area contributed by atoms with Crippen LogP contribution < -0.4 is 4.74 Å². The number of H-pyrrole nitrogens is 1. The van der Waals surface area contributed by atoms with Gasteiger partial charge in [-0.25, -0.2) is 4.98 Å². The van der Waals surface area contributed by atoms with Gasteiger partial charge in [-0.2, -0.15) is 5.26 Å². The molecule has 154 valence electrons. The molecule has 0 aliphatic carbocycles. The number of benzene rings is 3. The number of ether oxygens (including phenoxy) is 1. The van der Waals surface area contributed by atoms with Crippen LogP contribution in [0.25, 0.3) is 22.4 Å². The minimum absolute atomic E-state index is 0.391. The van der Waals surface area contributed by atoms with Gasteiger partial charge in [-0.3, -0.25) is 4.90 Å². The number of nitrogens with zero attached hydrogens (tertiary/aromatic N) is 3. The Morgan fingerprint density at radius 1 is 1.13 bits per heavy atom. The molecule has 1 unspecified atom stereocenters. The van der Waals surface area contributed by atoms with Crippen molar-refractivity contribution in [2.75, 3.05) is 7.11 Å². The molecule has 1 N–H and O–H groups in total. The zero-order valence-corrected chi connectivity index (χ0v) is 17.7. The van der Waals surface area contributed by atoms with Gasteiger partial charge < -0.3 is 9.72 Å². The van der Waals surface area contributed by atoms with E-state index in [-0.39, 0.29) is 0 Å². The molecule has 0 radical (unpaired) electrons. The predicted octanol–water partition coefficient (Wildman–Crippen LogP) is 5.06. The van der Waals surface area contributed by atoms with Crippen molar-refractivity contribution < 1.29 is 4.74 Å². The molecule has 1 aliphatic rings. The summed E-state index contributed by atoms with van der Waals surface area (Å²) in [5.41, 5.74) is 7.48. The van der Waals surface area contributed by atoms with Gasteiger partial charge in [-0.1, -0.05) is 30.3 Å². The number of rotatable bonds is 4. The lowest BCUT2D eigenvalue weighted by Crippen LogP contribution is -2.37.